The van der Waals surface area contributed by atoms with E-state index in [2.05, 4.69) is 35.2 Å². The van der Waals surface area contributed by atoms with Gasteiger partial charge in [0.2, 0.25) is 0 Å². The fraction of sp³-hybridized carbons (Fsp3) is 0.429. The Balaban J connectivity index is 1.97. The third kappa shape index (κ3) is 1.93. The molecule has 3 heterocycles. The maximum Gasteiger partial charge on any atom is 0.0886 e. The van der Waals surface area contributed by atoms with Crippen molar-refractivity contribution in [3.63, 3.8) is 0 Å². The van der Waals surface area contributed by atoms with E-state index in [4.69, 9.17) is 4.98 Å². The first-order chi connectivity index (χ1) is 8.75. The standard InChI is InChI=1S/C14H18N4/c1-17-10-4-7-13(17)11-5-3-6-12(16-11)14-8-9-15-18(14)2/h3,5-6,8-9,13H,4,7,10H2,1-2H3/t13-/m1/s1. The Morgan fingerprint density at radius 2 is 2.11 bits per heavy atom. The van der Waals surface area contributed by atoms with Crippen LogP contribution in [0.4, 0.5) is 0 Å². The molecule has 0 radical (unpaired) electrons. The summed E-state index contributed by atoms with van der Waals surface area (Å²) >= 11 is 0. The van der Waals surface area contributed by atoms with Crippen LogP contribution >= 0.6 is 0 Å². The van der Waals surface area contributed by atoms with E-state index in [-0.39, 0.29) is 0 Å². The second kappa shape index (κ2) is 4.53. The number of aryl methyl sites for hydroxylation is 1. The zero-order valence-corrected chi connectivity index (χ0v) is 10.9. The lowest BCUT2D eigenvalue weighted by atomic mass is 10.1. The van der Waals surface area contributed by atoms with Crippen LogP contribution in [-0.2, 0) is 7.05 Å². The molecule has 1 fully saturated rings. The van der Waals surface area contributed by atoms with E-state index in [0.717, 1.165) is 11.4 Å². The molecule has 18 heavy (non-hydrogen) atoms. The number of aromatic nitrogens is 3. The van der Waals surface area contributed by atoms with Crippen molar-refractivity contribution in [2.45, 2.75) is 18.9 Å². The zero-order chi connectivity index (χ0) is 12.5. The summed E-state index contributed by atoms with van der Waals surface area (Å²) in [6.07, 6.45) is 4.28. The van der Waals surface area contributed by atoms with Crippen LogP contribution < -0.4 is 0 Å². The van der Waals surface area contributed by atoms with Gasteiger partial charge in [-0.25, -0.2) is 4.98 Å². The average molecular weight is 242 g/mol. The normalized spacial score (nSPS) is 20.4. The van der Waals surface area contributed by atoms with Crippen molar-refractivity contribution < 1.29 is 0 Å². The van der Waals surface area contributed by atoms with Crippen molar-refractivity contribution in [3.05, 3.63) is 36.2 Å². The first kappa shape index (κ1) is 11.4. The van der Waals surface area contributed by atoms with Gasteiger partial charge in [0.1, 0.15) is 0 Å². The molecular formula is C14H18N4. The van der Waals surface area contributed by atoms with Gasteiger partial charge in [-0.2, -0.15) is 5.10 Å². The van der Waals surface area contributed by atoms with Gasteiger partial charge in [0.05, 0.1) is 23.1 Å². The average Bonchev–Trinajstić information content (AvgIpc) is 2.98. The summed E-state index contributed by atoms with van der Waals surface area (Å²) < 4.78 is 1.87. The van der Waals surface area contributed by atoms with Crippen LogP contribution in [0, 0.1) is 0 Å². The summed E-state index contributed by atoms with van der Waals surface area (Å²) in [4.78, 5) is 7.19. The third-order valence-corrected chi connectivity index (χ3v) is 3.72. The van der Waals surface area contributed by atoms with Crippen LogP contribution in [0.25, 0.3) is 11.4 Å². The highest BCUT2D eigenvalue weighted by molar-refractivity contribution is 5.54. The molecule has 2 aromatic heterocycles. The molecule has 0 bridgehead atoms. The Morgan fingerprint density at radius 3 is 2.78 bits per heavy atom. The van der Waals surface area contributed by atoms with E-state index in [1.165, 1.54) is 25.1 Å². The van der Waals surface area contributed by atoms with E-state index in [1.54, 1.807) is 0 Å². The summed E-state index contributed by atoms with van der Waals surface area (Å²) in [5.74, 6) is 0. The molecule has 0 aromatic carbocycles. The van der Waals surface area contributed by atoms with Crippen molar-refractivity contribution in [2.24, 2.45) is 7.05 Å². The second-order valence-electron chi connectivity index (χ2n) is 4.93. The number of nitrogens with zero attached hydrogens (tertiary/aromatic N) is 4. The Bertz CT molecular complexity index is 546. The monoisotopic (exact) mass is 242 g/mol. The van der Waals surface area contributed by atoms with Crippen molar-refractivity contribution in [1.29, 1.82) is 0 Å². The molecule has 0 aliphatic carbocycles. The summed E-state index contributed by atoms with van der Waals surface area (Å²) in [5.41, 5.74) is 3.25. The van der Waals surface area contributed by atoms with Crippen molar-refractivity contribution in [1.82, 2.24) is 19.7 Å². The van der Waals surface area contributed by atoms with E-state index in [9.17, 15) is 0 Å². The van der Waals surface area contributed by atoms with Gasteiger partial charge in [-0.05, 0) is 44.6 Å². The molecule has 2 aromatic rings. The van der Waals surface area contributed by atoms with Crippen LogP contribution in [0.5, 0.6) is 0 Å². The van der Waals surface area contributed by atoms with Crippen LogP contribution in [0.3, 0.4) is 0 Å². The predicted octanol–water partition coefficient (Wildman–Crippen LogP) is 2.25. The maximum absolute atomic E-state index is 4.81. The predicted molar refractivity (Wildman–Crippen MR) is 71.0 cm³/mol. The van der Waals surface area contributed by atoms with Gasteiger partial charge in [0, 0.05) is 13.2 Å². The lowest BCUT2D eigenvalue weighted by Gasteiger charge is -2.19. The molecule has 0 saturated carbocycles. The second-order valence-corrected chi connectivity index (χ2v) is 4.93. The molecule has 3 rings (SSSR count). The highest BCUT2D eigenvalue weighted by Crippen LogP contribution is 2.30. The quantitative estimate of drug-likeness (QED) is 0.810. The van der Waals surface area contributed by atoms with Crippen LogP contribution in [0.1, 0.15) is 24.6 Å². The summed E-state index contributed by atoms with van der Waals surface area (Å²) in [7, 11) is 4.13. The van der Waals surface area contributed by atoms with Crippen molar-refractivity contribution >= 4 is 0 Å². The van der Waals surface area contributed by atoms with Gasteiger partial charge in [0.15, 0.2) is 0 Å². The van der Waals surface area contributed by atoms with Crippen LogP contribution in [0.2, 0.25) is 0 Å². The third-order valence-electron chi connectivity index (χ3n) is 3.72. The molecular weight excluding hydrogens is 224 g/mol. The maximum atomic E-state index is 4.81. The minimum absolute atomic E-state index is 0.471. The summed E-state index contributed by atoms with van der Waals surface area (Å²) in [6.45, 7) is 1.17. The SMILES string of the molecule is CN1CCC[C@@H]1c1cccc(-c2ccnn2C)n1. The molecule has 4 heteroatoms. The lowest BCUT2D eigenvalue weighted by Crippen LogP contribution is -2.18. The fourth-order valence-electron chi connectivity index (χ4n) is 2.69. The molecule has 1 aliphatic rings. The van der Waals surface area contributed by atoms with Gasteiger partial charge in [-0.15, -0.1) is 0 Å². The minimum Gasteiger partial charge on any atom is -0.298 e. The molecule has 1 atom stereocenters. The molecule has 0 spiro atoms. The molecule has 0 N–H and O–H groups in total. The van der Waals surface area contributed by atoms with Crippen molar-refractivity contribution in [3.8, 4) is 11.4 Å². The first-order valence-electron chi connectivity index (χ1n) is 6.41. The van der Waals surface area contributed by atoms with E-state index in [1.807, 2.05) is 24.0 Å². The molecule has 94 valence electrons. The van der Waals surface area contributed by atoms with E-state index < -0.39 is 0 Å². The summed E-state index contributed by atoms with van der Waals surface area (Å²) in [6, 6.07) is 8.75. The van der Waals surface area contributed by atoms with Gasteiger partial charge >= 0.3 is 0 Å². The van der Waals surface area contributed by atoms with Gasteiger partial charge in [-0.3, -0.25) is 9.58 Å². The number of hydrogen-bond donors (Lipinski definition) is 0. The number of pyridine rings is 1. The topological polar surface area (TPSA) is 34.0 Å². The highest BCUT2D eigenvalue weighted by atomic mass is 15.3. The number of likely N-dealkylation sites (tertiary alicyclic amines) is 1. The van der Waals surface area contributed by atoms with Gasteiger partial charge in [0.25, 0.3) is 0 Å². The van der Waals surface area contributed by atoms with Gasteiger partial charge in [-0.1, -0.05) is 6.07 Å². The molecule has 4 nitrogen and oxygen atoms in total. The first-order valence-corrected chi connectivity index (χ1v) is 6.41. The molecule has 1 saturated heterocycles. The van der Waals surface area contributed by atoms with Crippen LogP contribution in [-0.4, -0.2) is 33.3 Å². The Morgan fingerprint density at radius 1 is 1.22 bits per heavy atom. The Kier molecular flexibility index (Phi) is 2.88. The fourth-order valence-corrected chi connectivity index (χ4v) is 2.69. The van der Waals surface area contributed by atoms with E-state index >= 15 is 0 Å². The molecule has 1 aliphatic heterocycles. The zero-order valence-electron chi connectivity index (χ0n) is 10.9. The number of rotatable bonds is 2. The molecule has 0 amide bonds. The Labute approximate surface area is 107 Å². The lowest BCUT2D eigenvalue weighted by molar-refractivity contribution is 0.312. The van der Waals surface area contributed by atoms with Crippen LogP contribution in [0.15, 0.2) is 30.5 Å². The van der Waals surface area contributed by atoms with Crippen molar-refractivity contribution in [2.75, 3.05) is 13.6 Å². The summed E-state index contributed by atoms with van der Waals surface area (Å²) in [5, 5.41) is 4.20. The molecule has 0 unspecified atom stereocenters. The minimum atomic E-state index is 0.471. The Hall–Kier alpha value is -1.68. The number of hydrogen-bond acceptors (Lipinski definition) is 3. The van der Waals surface area contributed by atoms with Gasteiger partial charge < -0.3 is 0 Å². The smallest absolute Gasteiger partial charge is 0.0886 e. The highest BCUT2D eigenvalue weighted by Gasteiger charge is 2.23. The van der Waals surface area contributed by atoms with E-state index in [0.29, 0.717) is 6.04 Å². The largest absolute Gasteiger partial charge is 0.298 e.